The average Bonchev–Trinajstić information content (AvgIpc) is 3.26. The molecule has 4 rings (SSSR count). The minimum atomic E-state index is -1.03. The monoisotopic (exact) mass is 509 g/mol. The Morgan fingerprint density at radius 2 is 1.70 bits per heavy atom. The molecule has 0 bridgehead atoms. The lowest BCUT2D eigenvalue weighted by Gasteiger charge is -2.37. The molecular formula is C28H39N5O4. The number of piperidine rings is 1. The van der Waals surface area contributed by atoms with Gasteiger partial charge >= 0.3 is 5.97 Å². The van der Waals surface area contributed by atoms with Crippen molar-refractivity contribution in [1.29, 1.82) is 0 Å². The maximum absolute atomic E-state index is 13.7. The molecule has 1 aromatic carbocycles. The van der Waals surface area contributed by atoms with Gasteiger partial charge in [0, 0.05) is 70.2 Å². The number of aryl methyl sites for hydroxylation is 1. The van der Waals surface area contributed by atoms with Gasteiger partial charge in [0.2, 0.25) is 5.91 Å². The third-order valence-electron chi connectivity index (χ3n) is 7.67. The molecular weight excluding hydrogens is 470 g/mol. The summed E-state index contributed by atoms with van der Waals surface area (Å²) in [5, 5.41) is 23.5. The summed E-state index contributed by atoms with van der Waals surface area (Å²) in [6, 6.07) is 10.4. The molecule has 1 saturated heterocycles. The zero-order valence-corrected chi connectivity index (χ0v) is 22.1. The predicted molar refractivity (Wildman–Crippen MR) is 146 cm³/mol. The summed E-state index contributed by atoms with van der Waals surface area (Å²) in [6.07, 6.45) is 6.84. The number of carbonyl (C=O) groups excluding carboxylic acids is 1. The van der Waals surface area contributed by atoms with Crippen LogP contribution in [0.5, 0.6) is 0 Å². The zero-order chi connectivity index (χ0) is 26.5. The number of carboxylic acids is 1. The minimum Gasteiger partial charge on any atom is -0.478 e. The number of hydrogen-bond acceptors (Lipinski definition) is 6. The van der Waals surface area contributed by atoms with E-state index >= 15 is 0 Å². The van der Waals surface area contributed by atoms with Gasteiger partial charge in [-0.3, -0.25) is 14.4 Å². The van der Waals surface area contributed by atoms with Crippen molar-refractivity contribution in [1.82, 2.24) is 9.78 Å². The Morgan fingerprint density at radius 3 is 2.30 bits per heavy atom. The van der Waals surface area contributed by atoms with Crippen LogP contribution in [0.4, 0.5) is 17.2 Å². The number of rotatable bonds is 8. The van der Waals surface area contributed by atoms with E-state index in [1.807, 2.05) is 19.0 Å². The first-order chi connectivity index (χ1) is 17.7. The highest BCUT2D eigenvalue weighted by Crippen LogP contribution is 2.31. The maximum atomic E-state index is 13.7. The molecule has 1 aliphatic carbocycles. The van der Waals surface area contributed by atoms with Gasteiger partial charge in [0.05, 0.1) is 11.8 Å². The van der Waals surface area contributed by atoms with E-state index in [9.17, 15) is 14.7 Å². The van der Waals surface area contributed by atoms with Crippen LogP contribution in [0.2, 0.25) is 0 Å². The molecule has 9 nitrogen and oxygen atoms in total. The van der Waals surface area contributed by atoms with Crippen LogP contribution >= 0.6 is 0 Å². The summed E-state index contributed by atoms with van der Waals surface area (Å²) in [6.45, 7) is 2.45. The van der Waals surface area contributed by atoms with Gasteiger partial charge in [-0.1, -0.05) is 0 Å². The van der Waals surface area contributed by atoms with Crippen molar-refractivity contribution in [2.24, 2.45) is 18.9 Å². The first-order valence-electron chi connectivity index (χ1n) is 13.2. The van der Waals surface area contributed by atoms with Gasteiger partial charge in [0.25, 0.3) is 0 Å². The van der Waals surface area contributed by atoms with E-state index in [-0.39, 0.29) is 17.9 Å². The fourth-order valence-corrected chi connectivity index (χ4v) is 5.34. The van der Waals surface area contributed by atoms with Crippen LogP contribution in [0, 0.1) is 11.8 Å². The molecule has 1 amide bonds. The lowest BCUT2D eigenvalue weighted by atomic mass is 9.86. The van der Waals surface area contributed by atoms with Crippen LogP contribution in [0.1, 0.15) is 44.2 Å². The Bertz CT molecular complexity index is 1090. The molecule has 2 aromatic rings. The summed E-state index contributed by atoms with van der Waals surface area (Å²) >= 11 is 0. The molecule has 1 aliphatic heterocycles. The van der Waals surface area contributed by atoms with Gasteiger partial charge in [-0.25, -0.2) is 4.79 Å². The van der Waals surface area contributed by atoms with Gasteiger partial charge in [-0.05, 0) is 74.8 Å². The molecule has 0 atom stereocenters. The van der Waals surface area contributed by atoms with Crippen molar-refractivity contribution in [2.45, 2.75) is 44.6 Å². The summed E-state index contributed by atoms with van der Waals surface area (Å²) in [4.78, 5) is 31.0. The Kier molecular flexibility index (Phi) is 8.53. The van der Waals surface area contributed by atoms with E-state index in [2.05, 4.69) is 39.2 Å². The first-order valence-corrected chi connectivity index (χ1v) is 13.2. The molecule has 2 aliphatic rings. The molecule has 2 N–H and O–H groups in total. The number of anilines is 3. The van der Waals surface area contributed by atoms with Crippen LogP contribution in [-0.2, 0) is 16.6 Å². The number of hydrogen-bond donors (Lipinski definition) is 2. The van der Waals surface area contributed by atoms with Gasteiger partial charge < -0.3 is 20.0 Å². The van der Waals surface area contributed by atoms with E-state index in [4.69, 9.17) is 5.11 Å². The number of carboxylic acid groups (broad SMARTS) is 1. The summed E-state index contributed by atoms with van der Waals surface area (Å²) < 4.78 is 1.61. The van der Waals surface area contributed by atoms with E-state index in [1.54, 1.807) is 17.8 Å². The number of aliphatic hydroxyl groups is 1. The average molecular weight is 510 g/mol. The highest BCUT2D eigenvalue weighted by Gasteiger charge is 2.33. The Morgan fingerprint density at radius 1 is 1.05 bits per heavy atom. The first kappa shape index (κ1) is 26.7. The standard InChI is InChI=1S/C28H39N5O4/c1-30(2)22-6-8-23(9-7-22)32-16-14-20(15-17-32)19-33(28(37)21-4-11-25(34)12-5-21)26-18-24(31(3)29-26)10-13-27(35)36/h6-10,13,18,20-21,25,34H,4-5,11-12,14-17,19H2,1-3H3,(H,35,36). The summed E-state index contributed by atoms with van der Waals surface area (Å²) in [7, 11) is 5.83. The summed E-state index contributed by atoms with van der Waals surface area (Å²) in [5.74, 6) is -0.195. The Labute approximate surface area is 219 Å². The van der Waals surface area contributed by atoms with Crippen LogP contribution in [0.3, 0.4) is 0 Å². The van der Waals surface area contributed by atoms with E-state index < -0.39 is 5.97 Å². The SMILES string of the molecule is CN(C)c1ccc(N2CCC(CN(C(=O)C3CCC(O)CC3)c3cc(C=CC(=O)O)n(C)n3)CC2)cc1. The molecule has 2 fully saturated rings. The number of amides is 1. The molecule has 0 unspecified atom stereocenters. The van der Waals surface area contributed by atoms with Gasteiger partial charge in [0.1, 0.15) is 0 Å². The number of nitrogens with zero attached hydrogens (tertiary/aromatic N) is 5. The number of aliphatic carboxylic acids is 1. The smallest absolute Gasteiger partial charge is 0.328 e. The van der Waals surface area contributed by atoms with Crippen molar-refractivity contribution in [3.05, 3.63) is 42.1 Å². The number of aliphatic hydroxyl groups excluding tert-OH is 1. The van der Waals surface area contributed by atoms with Crippen LogP contribution in [-0.4, -0.2) is 71.7 Å². The Hall–Kier alpha value is -3.33. The molecule has 0 spiro atoms. The second-order valence-electron chi connectivity index (χ2n) is 10.5. The quantitative estimate of drug-likeness (QED) is 0.526. The summed E-state index contributed by atoms with van der Waals surface area (Å²) in [5.41, 5.74) is 3.03. The maximum Gasteiger partial charge on any atom is 0.328 e. The molecule has 37 heavy (non-hydrogen) atoms. The molecule has 0 radical (unpaired) electrons. The van der Waals surface area contributed by atoms with Crippen LogP contribution < -0.4 is 14.7 Å². The second kappa shape index (κ2) is 11.8. The van der Waals surface area contributed by atoms with Gasteiger partial charge in [-0.15, -0.1) is 0 Å². The van der Waals surface area contributed by atoms with E-state index in [0.29, 0.717) is 49.7 Å². The van der Waals surface area contributed by atoms with Crippen molar-refractivity contribution >= 4 is 35.1 Å². The third-order valence-corrected chi connectivity index (χ3v) is 7.67. The fraction of sp³-hybridized carbons (Fsp3) is 0.536. The van der Waals surface area contributed by atoms with E-state index in [0.717, 1.165) is 32.0 Å². The van der Waals surface area contributed by atoms with Crippen molar-refractivity contribution in [2.75, 3.05) is 48.4 Å². The molecule has 1 saturated carbocycles. The molecule has 1 aromatic heterocycles. The molecule has 200 valence electrons. The minimum absolute atomic E-state index is 0.0560. The molecule has 2 heterocycles. The zero-order valence-electron chi connectivity index (χ0n) is 22.1. The largest absolute Gasteiger partial charge is 0.478 e. The predicted octanol–water partition coefficient (Wildman–Crippen LogP) is 3.38. The number of aromatic nitrogens is 2. The van der Waals surface area contributed by atoms with Gasteiger partial charge in [0.15, 0.2) is 5.82 Å². The van der Waals surface area contributed by atoms with Gasteiger partial charge in [-0.2, -0.15) is 5.10 Å². The third kappa shape index (κ3) is 6.71. The van der Waals surface area contributed by atoms with Crippen molar-refractivity contribution in [3.8, 4) is 0 Å². The highest BCUT2D eigenvalue weighted by atomic mass is 16.4. The van der Waals surface area contributed by atoms with Crippen LogP contribution in [0.15, 0.2) is 36.4 Å². The van der Waals surface area contributed by atoms with Crippen molar-refractivity contribution < 1.29 is 19.8 Å². The number of carbonyl (C=O) groups is 2. The van der Waals surface area contributed by atoms with E-state index in [1.165, 1.54) is 17.5 Å². The lowest BCUT2D eigenvalue weighted by Crippen LogP contribution is -2.44. The molecule has 9 heteroatoms. The lowest BCUT2D eigenvalue weighted by molar-refractivity contribution is -0.131. The van der Waals surface area contributed by atoms with Crippen LogP contribution in [0.25, 0.3) is 6.08 Å². The fourth-order valence-electron chi connectivity index (χ4n) is 5.34. The normalized spacial score (nSPS) is 20.8. The highest BCUT2D eigenvalue weighted by molar-refractivity contribution is 5.94. The topological polar surface area (TPSA) is 102 Å². The Balaban J connectivity index is 1.47. The number of benzene rings is 1. The second-order valence-corrected chi connectivity index (χ2v) is 10.5. The van der Waals surface area contributed by atoms with Crippen molar-refractivity contribution in [3.63, 3.8) is 0 Å².